The Morgan fingerprint density at radius 3 is 2.50 bits per heavy atom. The summed E-state index contributed by atoms with van der Waals surface area (Å²) >= 11 is 0. The number of carbonyl (C=O) groups excluding carboxylic acids is 1. The van der Waals surface area contributed by atoms with Gasteiger partial charge in [0.05, 0.1) is 11.9 Å². The summed E-state index contributed by atoms with van der Waals surface area (Å²) in [5.41, 5.74) is 0.365. The van der Waals surface area contributed by atoms with Crippen molar-refractivity contribution in [1.82, 2.24) is 9.62 Å². The smallest absolute Gasteiger partial charge is 0.251 e. The van der Waals surface area contributed by atoms with Gasteiger partial charge in [-0.2, -0.15) is 0 Å². The molecule has 1 aromatic carbocycles. The Hall–Kier alpha value is -1.60. The van der Waals surface area contributed by atoms with Crippen molar-refractivity contribution >= 4 is 15.9 Å². The third-order valence-corrected chi connectivity index (χ3v) is 7.37. The number of piperidine rings is 1. The van der Waals surface area contributed by atoms with Crippen molar-refractivity contribution in [1.29, 1.82) is 0 Å². The molecule has 1 atom stereocenters. The summed E-state index contributed by atoms with van der Waals surface area (Å²) in [6.45, 7) is 9.40. The lowest BCUT2D eigenvalue weighted by Crippen LogP contribution is -2.51. The number of nitrogens with one attached hydrogen (secondary N) is 1. The van der Waals surface area contributed by atoms with Crippen LogP contribution in [0.25, 0.3) is 0 Å². The normalized spacial score (nSPS) is 20.9. The molecule has 1 aromatic rings. The lowest BCUT2D eigenvalue weighted by atomic mass is 9.78. The number of ether oxygens (including phenoxy) is 1. The van der Waals surface area contributed by atoms with E-state index in [1.807, 2.05) is 20.8 Å². The Balaban J connectivity index is 2.01. The Morgan fingerprint density at radius 2 is 1.93 bits per heavy atom. The van der Waals surface area contributed by atoms with E-state index in [0.717, 1.165) is 25.0 Å². The maximum Gasteiger partial charge on any atom is 0.251 e. The van der Waals surface area contributed by atoms with E-state index < -0.39 is 10.0 Å². The van der Waals surface area contributed by atoms with Gasteiger partial charge in [0.15, 0.2) is 0 Å². The van der Waals surface area contributed by atoms with Crippen LogP contribution in [-0.2, 0) is 10.0 Å². The predicted molar refractivity (Wildman–Crippen MR) is 112 cm³/mol. The lowest BCUT2D eigenvalue weighted by molar-refractivity contribution is 0.0883. The molecule has 1 heterocycles. The number of benzene rings is 1. The minimum Gasteiger partial charge on any atom is -0.491 e. The van der Waals surface area contributed by atoms with E-state index in [-0.39, 0.29) is 23.2 Å². The number of hydrogen-bond donors (Lipinski definition) is 1. The van der Waals surface area contributed by atoms with Gasteiger partial charge in [-0.1, -0.05) is 13.8 Å². The predicted octanol–water partition coefficient (Wildman–Crippen LogP) is 3.44. The highest BCUT2D eigenvalue weighted by molar-refractivity contribution is 7.89. The zero-order chi connectivity index (χ0) is 20.8. The van der Waals surface area contributed by atoms with Crippen molar-refractivity contribution in [2.24, 2.45) is 5.41 Å². The molecule has 6 nitrogen and oxygen atoms in total. The molecule has 0 bridgehead atoms. The number of carbonyl (C=O) groups is 1. The Morgan fingerprint density at radius 1 is 1.25 bits per heavy atom. The average molecular weight is 411 g/mol. The molecule has 7 heteroatoms. The van der Waals surface area contributed by atoms with Crippen molar-refractivity contribution < 1.29 is 17.9 Å². The van der Waals surface area contributed by atoms with Crippen LogP contribution >= 0.6 is 0 Å². The summed E-state index contributed by atoms with van der Waals surface area (Å²) in [5.74, 6) is 0.780. The maximum atomic E-state index is 12.6. The monoisotopic (exact) mass is 410 g/mol. The molecule has 1 aliphatic heterocycles. The van der Waals surface area contributed by atoms with Gasteiger partial charge in [-0.05, 0) is 63.8 Å². The fourth-order valence-corrected chi connectivity index (χ4v) is 5.32. The number of rotatable bonds is 9. The quantitative estimate of drug-likeness (QED) is 0.677. The first-order chi connectivity index (χ1) is 13.2. The van der Waals surface area contributed by atoms with E-state index >= 15 is 0 Å². The summed E-state index contributed by atoms with van der Waals surface area (Å²) in [7, 11) is -3.21. The molecule has 0 aromatic heterocycles. The van der Waals surface area contributed by atoms with Crippen LogP contribution < -0.4 is 10.1 Å². The second-order valence-corrected chi connectivity index (χ2v) is 10.1. The molecular weight excluding hydrogens is 376 g/mol. The standard InChI is InChI=1S/C21H34N2O4S/c1-5-14-28(25,26)23-13-7-12-21(6-2,16-23)15-22-20(24)18-8-10-19(11-9-18)27-17(3)4/h8-11,17H,5-7,12-16H2,1-4H3,(H,22,24). The molecule has 1 unspecified atom stereocenters. The molecule has 2 rings (SSSR count). The van der Waals surface area contributed by atoms with Crippen molar-refractivity contribution in [3.05, 3.63) is 29.8 Å². The van der Waals surface area contributed by atoms with Gasteiger partial charge in [0, 0.05) is 30.6 Å². The van der Waals surface area contributed by atoms with Crippen LogP contribution in [0.2, 0.25) is 0 Å². The third-order valence-electron chi connectivity index (χ3n) is 5.34. The zero-order valence-corrected chi connectivity index (χ0v) is 18.3. The van der Waals surface area contributed by atoms with Gasteiger partial charge < -0.3 is 10.1 Å². The second-order valence-electron chi connectivity index (χ2n) is 7.98. The Labute approximate surface area is 169 Å². The van der Waals surface area contributed by atoms with Crippen LogP contribution in [0.5, 0.6) is 5.75 Å². The second kappa shape index (κ2) is 9.74. The molecule has 0 aliphatic carbocycles. The van der Waals surface area contributed by atoms with Gasteiger partial charge in [0.25, 0.3) is 5.91 Å². The highest BCUT2D eigenvalue weighted by Gasteiger charge is 2.38. The van der Waals surface area contributed by atoms with Gasteiger partial charge in [0.2, 0.25) is 10.0 Å². The van der Waals surface area contributed by atoms with Crippen molar-refractivity contribution in [3.8, 4) is 5.75 Å². The summed E-state index contributed by atoms with van der Waals surface area (Å²) < 4.78 is 32.2. The molecule has 0 radical (unpaired) electrons. The summed E-state index contributed by atoms with van der Waals surface area (Å²) in [5, 5.41) is 3.02. The van der Waals surface area contributed by atoms with Crippen LogP contribution in [0.4, 0.5) is 0 Å². The van der Waals surface area contributed by atoms with E-state index in [1.54, 1.807) is 28.6 Å². The molecule has 1 N–H and O–H groups in total. The van der Waals surface area contributed by atoms with E-state index in [2.05, 4.69) is 12.2 Å². The molecule has 1 fully saturated rings. The zero-order valence-electron chi connectivity index (χ0n) is 17.5. The molecule has 1 aliphatic rings. The van der Waals surface area contributed by atoms with Crippen LogP contribution in [0.3, 0.4) is 0 Å². The van der Waals surface area contributed by atoms with E-state index in [9.17, 15) is 13.2 Å². The van der Waals surface area contributed by atoms with Crippen LogP contribution in [0, 0.1) is 5.41 Å². The first kappa shape index (κ1) is 22.7. The first-order valence-electron chi connectivity index (χ1n) is 10.2. The molecule has 0 saturated carbocycles. The molecule has 1 amide bonds. The molecule has 0 spiro atoms. The summed E-state index contributed by atoms with van der Waals surface area (Å²) in [4.78, 5) is 12.6. The van der Waals surface area contributed by atoms with E-state index in [4.69, 9.17) is 4.74 Å². The fourth-order valence-electron chi connectivity index (χ4n) is 3.67. The third kappa shape index (κ3) is 5.95. The van der Waals surface area contributed by atoms with Gasteiger partial charge in [0.1, 0.15) is 5.75 Å². The Bertz CT molecular complexity index is 746. The van der Waals surface area contributed by atoms with Gasteiger partial charge in [-0.25, -0.2) is 12.7 Å². The van der Waals surface area contributed by atoms with E-state index in [0.29, 0.717) is 31.6 Å². The Kier molecular flexibility index (Phi) is 7.89. The van der Waals surface area contributed by atoms with Gasteiger partial charge >= 0.3 is 0 Å². The average Bonchev–Trinajstić information content (AvgIpc) is 2.66. The van der Waals surface area contributed by atoms with Crippen LogP contribution in [0.1, 0.15) is 63.7 Å². The minimum absolute atomic E-state index is 0.0855. The highest BCUT2D eigenvalue weighted by atomic mass is 32.2. The largest absolute Gasteiger partial charge is 0.491 e. The van der Waals surface area contributed by atoms with Gasteiger partial charge in [-0.15, -0.1) is 0 Å². The fraction of sp³-hybridized carbons (Fsp3) is 0.667. The maximum absolute atomic E-state index is 12.6. The first-order valence-corrected chi connectivity index (χ1v) is 11.8. The summed E-state index contributed by atoms with van der Waals surface area (Å²) in [6.07, 6.45) is 3.27. The SMILES string of the molecule is CCCS(=O)(=O)N1CCCC(CC)(CNC(=O)c2ccc(OC(C)C)cc2)C1. The van der Waals surface area contributed by atoms with Crippen molar-refractivity contribution in [3.63, 3.8) is 0 Å². The lowest BCUT2D eigenvalue weighted by Gasteiger charge is -2.42. The molecule has 28 heavy (non-hydrogen) atoms. The number of amides is 1. The number of sulfonamides is 1. The van der Waals surface area contributed by atoms with Crippen molar-refractivity contribution in [2.75, 3.05) is 25.4 Å². The van der Waals surface area contributed by atoms with Gasteiger partial charge in [-0.3, -0.25) is 4.79 Å². The molecule has 1 saturated heterocycles. The number of nitrogens with zero attached hydrogens (tertiary/aromatic N) is 1. The van der Waals surface area contributed by atoms with E-state index in [1.165, 1.54) is 0 Å². The van der Waals surface area contributed by atoms with Crippen molar-refractivity contribution in [2.45, 2.75) is 59.5 Å². The minimum atomic E-state index is -3.21. The molecule has 158 valence electrons. The number of hydrogen-bond acceptors (Lipinski definition) is 4. The van der Waals surface area contributed by atoms with Crippen LogP contribution in [0.15, 0.2) is 24.3 Å². The summed E-state index contributed by atoms with van der Waals surface area (Å²) in [6, 6.07) is 7.10. The topological polar surface area (TPSA) is 75.7 Å². The molecular formula is C21H34N2O4S. The van der Waals surface area contributed by atoms with Crippen LogP contribution in [-0.4, -0.2) is 50.1 Å². The highest BCUT2D eigenvalue weighted by Crippen LogP contribution is 2.34.